The molecule has 1 fully saturated rings. The quantitative estimate of drug-likeness (QED) is 0.818. The van der Waals surface area contributed by atoms with Crippen molar-refractivity contribution < 1.29 is 14.6 Å². The van der Waals surface area contributed by atoms with Gasteiger partial charge in [0.15, 0.2) is 0 Å². The number of benzene rings is 1. The summed E-state index contributed by atoms with van der Waals surface area (Å²) < 4.78 is 4.73. The molecule has 0 saturated carbocycles. The Balaban J connectivity index is 2.35. The van der Waals surface area contributed by atoms with Gasteiger partial charge in [-0.2, -0.15) is 0 Å². The zero-order valence-corrected chi connectivity index (χ0v) is 9.68. The van der Waals surface area contributed by atoms with Crippen LogP contribution in [0.1, 0.15) is 18.0 Å². The molecule has 0 unspecified atom stereocenters. The van der Waals surface area contributed by atoms with Crippen LogP contribution in [0.2, 0.25) is 10.0 Å². The molecule has 1 aromatic carbocycles. The molecule has 86 valence electrons. The minimum absolute atomic E-state index is 0.0572. The highest BCUT2D eigenvalue weighted by Gasteiger charge is 2.24. The van der Waals surface area contributed by atoms with Gasteiger partial charge in [-0.05, 0) is 12.1 Å². The number of nitrogens with one attached hydrogen (secondary N) is 1. The van der Waals surface area contributed by atoms with Crippen LogP contribution in [0.25, 0.3) is 0 Å². The van der Waals surface area contributed by atoms with Crippen molar-refractivity contribution in [1.29, 1.82) is 0 Å². The molecule has 1 atom stereocenters. The van der Waals surface area contributed by atoms with Gasteiger partial charge in [-0.3, -0.25) is 0 Å². The monoisotopic (exact) mass is 261 g/mol. The molecule has 2 rings (SSSR count). The maximum Gasteiger partial charge on any atom is 0.407 e. The number of hydrogen-bond acceptors (Lipinski definition) is 3. The van der Waals surface area contributed by atoms with Gasteiger partial charge in [-0.25, -0.2) is 4.79 Å². The van der Waals surface area contributed by atoms with E-state index in [4.69, 9.17) is 27.9 Å². The van der Waals surface area contributed by atoms with Gasteiger partial charge in [0.25, 0.3) is 0 Å². The molecule has 1 aliphatic rings. The minimum atomic E-state index is -0.508. The summed E-state index contributed by atoms with van der Waals surface area (Å²) in [5.74, 6) is -0.0572. The zero-order chi connectivity index (χ0) is 11.7. The van der Waals surface area contributed by atoms with Gasteiger partial charge < -0.3 is 15.2 Å². The first-order valence-electron chi connectivity index (χ1n) is 4.69. The van der Waals surface area contributed by atoms with Gasteiger partial charge in [0, 0.05) is 17.0 Å². The second-order valence-corrected chi connectivity index (χ2v) is 4.29. The lowest BCUT2D eigenvalue weighted by Gasteiger charge is -2.24. The van der Waals surface area contributed by atoms with Crippen molar-refractivity contribution in [2.45, 2.75) is 12.5 Å². The Morgan fingerprint density at radius 2 is 2.19 bits per heavy atom. The average molecular weight is 262 g/mol. The molecule has 2 N–H and O–H groups in total. The molecule has 16 heavy (non-hydrogen) atoms. The van der Waals surface area contributed by atoms with Crippen LogP contribution in [0.3, 0.4) is 0 Å². The Morgan fingerprint density at radius 3 is 2.88 bits per heavy atom. The molecule has 1 aliphatic heterocycles. The SMILES string of the molecule is O=C1N[C@H](c2cc(Cl)cc(Cl)c2O)CCO1. The predicted molar refractivity (Wildman–Crippen MR) is 60.0 cm³/mol. The summed E-state index contributed by atoms with van der Waals surface area (Å²) in [5.41, 5.74) is 0.508. The highest BCUT2D eigenvalue weighted by atomic mass is 35.5. The maximum absolute atomic E-state index is 11.0. The van der Waals surface area contributed by atoms with Crippen LogP contribution >= 0.6 is 23.2 Å². The summed E-state index contributed by atoms with van der Waals surface area (Å²) in [6.45, 7) is 0.306. The number of amides is 1. The summed E-state index contributed by atoms with van der Waals surface area (Å²) in [6.07, 6.45) is 0.0578. The second kappa shape index (κ2) is 4.39. The normalized spacial score (nSPS) is 20.1. The van der Waals surface area contributed by atoms with Crippen LogP contribution in [0.4, 0.5) is 4.79 Å². The van der Waals surface area contributed by atoms with Gasteiger partial charge in [0.2, 0.25) is 0 Å². The molecule has 1 aromatic rings. The van der Waals surface area contributed by atoms with Gasteiger partial charge in [-0.1, -0.05) is 23.2 Å². The largest absolute Gasteiger partial charge is 0.506 e. The molecule has 0 bridgehead atoms. The van der Waals surface area contributed by atoms with Crippen molar-refractivity contribution in [3.63, 3.8) is 0 Å². The van der Waals surface area contributed by atoms with E-state index in [1.807, 2.05) is 0 Å². The van der Waals surface area contributed by atoms with Crippen molar-refractivity contribution in [1.82, 2.24) is 5.32 Å². The van der Waals surface area contributed by atoms with Crippen LogP contribution in [-0.4, -0.2) is 17.8 Å². The lowest BCUT2D eigenvalue weighted by molar-refractivity contribution is 0.115. The predicted octanol–water partition coefficient (Wildman–Crippen LogP) is 2.87. The van der Waals surface area contributed by atoms with Gasteiger partial charge in [0.05, 0.1) is 17.7 Å². The number of phenols is 1. The van der Waals surface area contributed by atoms with Crippen molar-refractivity contribution in [2.24, 2.45) is 0 Å². The van der Waals surface area contributed by atoms with E-state index >= 15 is 0 Å². The molecule has 0 aromatic heterocycles. The number of alkyl carbamates (subject to hydrolysis) is 1. The number of rotatable bonds is 1. The lowest BCUT2D eigenvalue weighted by Crippen LogP contribution is -2.35. The first-order chi connectivity index (χ1) is 7.58. The molecule has 0 aliphatic carbocycles. The highest BCUT2D eigenvalue weighted by molar-refractivity contribution is 6.35. The minimum Gasteiger partial charge on any atom is -0.506 e. The van der Waals surface area contributed by atoms with Crippen molar-refractivity contribution in [3.05, 3.63) is 27.7 Å². The third-order valence-electron chi connectivity index (χ3n) is 2.36. The number of carbonyl (C=O) groups is 1. The Labute approximate surface area is 102 Å². The fourth-order valence-corrected chi connectivity index (χ4v) is 2.12. The number of halogens is 2. The standard InChI is InChI=1S/C10H9Cl2NO3/c11-5-3-6(9(14)7(12)4-5)8-1-2-16-10(15)13-8/h3-4,8,14H,1-2H2,(H,13,15)/t8-/m0/s1. The highest BCUT2D eigenvalue weighted by Crippen LogP contribution is 2.36. The van der Waals surface area contributed by atoms with E-state index in [1.165, 1.54) is 6.07 Å². The number of cyclic esters (lactones) is 1. The Hall–Kier alpha value is -1.13. The first-order valence-corrected chi connectivity index (χ1v) is 5.44. The Kier molecular flexibility index (Phi) is 3.12. The number of carbonyl (C=O) groups excluding carboxylic acids is 1. The van der Waals surface area contributed by atoms with E-state index in [-0.39, 0.29) is 16.8 Å². The summed E-state index contributed by atoms with van der Waals surface area (Å²) >= 11 is 11.6. The van der Waals surface area contributed by atoms with Gasteiger partial charge in [-0.15, -0.1) is 0 Å². The fraction of sp³-hybridized carbons (Fsp3) is 0.300. The molecule has 4 nitrogen and oxygen atoms in total. The summed E-state index contributed by atoms with van der Waals surface area (Å²) in [6, 6.07) is 2.71. The summed E-state index contributed by atoms with van der Waals surface area (Å²) in [4.78, 5) is 11.0. The van der Waals surface area contributed by atoms with Crippen molar-refractivity contribution in [2.75, 3.05) is 6.61 Å². The van der Waals surface area contributed by atoms with Crippen molar-refractivity contribution >= 4 is 29.3 Å². The molecular weight excluding hydrogens is 253 g/mol. The number of phenolic OH excluding ortho intramolecular Hbond substituents is 1. The smallest absolute Gasteiger partial charge is 0.407 e. The summed E-state index contributed by atoms with van der Waals surface area (Å²) in [5, 5.41) is 13.0. The van der Waals surface area contributed by atoms with Crippen LogP contribution in [0, 0.1) is 0 Å². The Bertz CT molecular complexity index is 436. The van der Waals surface area contributed by atoms with Crippen LogP contribution < -0.4 is 5.32 Å². The number of ether oxygens (including phenoxy) is 1. The van der Waals surface area contributed by atoms with E-state index in [0.29, 0.717) is 23.6 Å². The molecular formula is C10H9Cl2NO3. The number of aromatic hydroxyl groups is 1. The molecule has 0 radical (unpaired) electrons. The molecule has 1 saturated heterocycles. The summed E-state index contributed by atoms with van der Waals surface area (Å²) in [7, 11) is 0. The van der Waals surface area contributed by atoms with Crippen molar-refractivity contribution in [3.8, 4) is 5.75 Å². The first kappa shape index (κ1) is 11.4. The van der Waals surface area contributed by atoms with E-state index in [2.05, 4.69) is 5.32 Å². The molecule has 1 heterocycles. The van der Waals surface area contributed by atoms with Crippen LogP contribution in [-0.2, 0) is 4.74 Å². The molecule has 6 heteroatoms. The zero-order valence-electron chi connectivity index (χ0n) is 8.17. The number of hydrogen-bond donors (Lipinski definition) is 2. The van der Waals surface area contributed by atoms with Gasteiger partial charge >= 0.3 is 6.09 Å². The van der Waals surface area contributed by atoms with E-state index in [1.54, 1.807) is 6.07 Å². The average Bonchev–Trinajstić information content (AvgIpc) is 2.23. The lowest BCUT2D eigenvalue weighted by atomic mass is 10.0. The van der Waals surface area contributed by atoms with Crippen LogP contribution in [0.15, 0.2) is 12.1 Å². The molecule has 1 amide bonds. The van der Waals surface area contributed by atoms with E-state index < -0.39 is 6.09 Å². The van der Waals surface area contributed by atoms with E-state index in [9.17, 15) is 9.90 Å². The topological polar surface area (TPSA) is 58.6 Å². The van der Waals surface area contributed by atoms with E-state index in [0.717, 1.165) is 0 Å². The second-order valence-electron chi connectivity index (χ2n) is 3.45. The maximum atomic E-state index is 11.0. The third-order valence-corrected chi connectivity index (χ3v) is 2.87. The van der Waals surface area contributed by atoms with Crippen LogP contribution in [0.5, 0.6) is 5.75 Å². The third kappa shape index (κ3) is 2.18. The molecule has 0 spiro atoms. The fourth-order valence-electron chi connectivity index (χ4n) is 1.61. The van der Waals surface area contributed by atoms with Gasteiger partial charge in [0.1, 0.15) is 5.75 Å². The Morgan fingerprint density at radius 1 is 1.44 bits per heavy atom.